The smallest absolute Gasteiger partial charge is 0.119 e. The summed E-state index contributed by atoms with van der Waals surface area (Å²) in [6, 6.07) is 7.77. The number of fused-ring (bicyclic) bond motifs is 4. The van der Waals surface area contributed by atoms with E-state index in [1.54, 1.807) is 7.11 Å². The molecule has 1 N–H and O–H groups in total. The Balaban J connectivity index is 2.09. The summed E-state index contributed by atoms with van der Waals surface area (Å²) in [5.74, 6) is 0.984. The predicted molar refractivity (Wildman–Crippen MR) is 82.5 cm³/mol. The second-order valence-corrected chi connectivity index (χ2v) is 6.48. The number of benzene rings is 1. The topological polar surface area (TPSA) is 24.5 Å². The number of likely N-dealkylation sites (N-methyl/N-ethyl adjacent to an activating group) is 2. The van der Waals surface area contributed by atoms with Crippen LogP contribution in [0, 0.1) is 0 Å². The van der Waals surface area contributed by atoms with Crippen LogP contribution in [0.25, 0.3) is 0 Å². The van der Waals surface area contributed by atoms with Crippen LogP contribution in [-0.2, 0) is 11.8 Å². The predicted octanol–water partition coefficient (Wildman–Crippen LogP) is 2.19. The van der Waals surface area contributed by atoms with Crippen molar-refractivity contribution in [3.05, 3.63) is 29.3 Å². The zero-order valence-corrected chi connectivity index (χ0v) is 13.1. The molecule has 1 aromatic rings. The van der Waals surface area contributed by atoms with E-state index in [4.69, 9.17) is 4.74 Å². The average molecular weight is 274 g/mol. The molecule has 0 saturated carbocycles. The van der Waals surface area contributed by atoms with Crippen LogP contribution in [0.4, 0.5) is 0 Å². The van der Waals surface area contributed by atoms with Crippen molar-refractivity contribution in [2.45, 2.75) is 44.2 Å². The number of hydrogen-bond donors (Lipinski definition) is 1. The first-order valence-corrected chi connectivity index (χ1v) is 7.71. The van der Waals surface area contributed by atoms with Gasteiger partial charge in [0, 0.05) is 17.5 Å². The van der Waals surface area contributed by atoms with E-state index < -0.39 is 0 Å². The summed E-state index contributed by atoms with van der Waals surface area (Å²) < 4.78 is 5.45. The summed E-state index contributed by atoms with van der Waals surface area (Å²) in [4.78, 5) is 2.53. The molecular weight excluding hydrogens is 248 g/mol. The van der Waals surface area contributed by atoms with E-state index in [2.05, 4.69) is 49.3 Å². The van der Waals surface area contributed by atoms with Gasteiger partial charge in [0.1, 0.15) is 5.75 Å². The van der Waals surface area contributed by atoms with Gasteiger partial charge in [-0.15, -0.1) is 0 Å². The van der Waals surface area contributed by atoms with Crippen LogP contribution in [0.2, 0.25) is 0 Å². The zero-order chi connectivity index (χ0) is 14.3. The molecule has 3 nitrogen and oxygen atoms in total. The van der Waals surface area contributed by atoms with Crippen molar-refractivity contribution in [2.75, 3.05) is 27.2 Å². The quantitative estimate of drug-likeness (QED) is 0.914. The maximum Gasteiger partial charge on any atom is 0.119 e. The third-order valence-electron chi connectivity index (χ3n) is 5.41. The molecule has 1 fully saturated rings. The molecule has 3 heteroatoms. The van der Waals surface area contributed by atoms with E-state index in [0.717, 1.165) is 18.7 Å². The molecule has 1 saturated heterocycles. The van der Waals surface area contributed by atoms with E-state index in [9.17, 15) is 0 Å². The fourth-order valence-electron chi connectivity index (χ4n) is 4.18. The minimum absolute atomic E-state index is 0.218. The van der Waals surface area contributed by atoms with Crippen LogP contribution < -0.4 is 10.1 Å². The first kappa shape index (κ1) is 13.9. The van der Waals surface area contributed by atoms with Gasteiger partial charge < -0.3 is 15.0 Å². The van der Waals surface area contributed by atoms with Crippen molar-refractivity contribution < 1.29 is 4.74 Å². The molecule has 110 valence electrons. The standard InChI is InChI=1S/C17H26N2O/c1-5-18-16-15-10-12-6-7-13(20-4)11-14(12)17(16,2)8-9-19(15)3/h6-7,11,15-16,18H,5,8-10H2,1-4H3/t15-,16?,17?/m1/s1. The third kappa shape index (κ3) is 1.95. The van der Waals surface area contributed by atoms with Crippen molar-refractivity contribution in [3.63, 3.8) is 0 Å². The lowest BCUT2D eigenvalue weighted by atomic mass is 9.61. The Bertz CT molecular complexity index is 502. The van der Waals surface area contributed by atoms with Crippen molar-refractivity contribution in [1.82, 2.24) is 10.2 Å². The second kappa shape index (κ2) is 5.05. The number of nitrogens with one attached hydrogen (secondary N) is 1. The number of hydrogen-bond acceptors (Lipinski definition) is 3. The van der Waals surface area contributed by atoms with Crippen LogP contribution >= 0.6 is 0 Å². The van der Waals surface area contributed by atoms with Gasteiger partial charge in [-0.3, -0.25) is 0 Å². The molecule has 0 aromatic heterocycles. The highest BCUT2D eigenvalue weighted by Gasteiger charge is 2.49. The molecule has 3 rings (SSSR count). The van der Waals surface area contributed by atoms with Crippen LogP contribution in [0.15, 0.2) is 18.2 Å². The van der Waals surface area contributed by atoms with Crippen LogP contribution in [0.5, 0.6) is 5.75 Å². The Kier molecular flexibility index (Phi) is 3.51. The summed E-state index contributed by atoms with van der Waals surface area (Å²) in [6.45, 7) is 6.85. The highest BCUT2D eigenvalue weighted by Crippen LogP contribution is 2.45. The Morgan fingerprint density at radius 3 is 2.95 bits per heavy atom. The lowest BCUT2D eigenvalue weighted by Gasteiger charge is -2.55. The summed E-state index contributed by atoms with van der Waals surface area (Å²) in [5.41, 5.74) is 3.21. The first-order valence-electron chi connectivity index (χ1n) is 7.71. The fraction of sp³-hybridized carbons (Fsp3) is 0.647. The highest BCUT2D eigenvalue weighted by atomic mass is 16.5. The number of methoxy groups -OCH3 is 1. The van der Waals surface area contributed by atoms with Gasteiger partial charge in [-0.05, 0) is 56.2 Å². The maximum atomic E-state index is 5.45. The summed E-state index contributed by atoms with van der Waals surface area (Å²) in [5, 5.41) is 3.75. The molecular formula is C17H26N2O. The normalized spacial score (nSPS) is 32.8. The van der Waals surface area contributed by atoms with Gasteiger partial charge in [0.15, 0.2) is 0 Å². The van der Waals surface area contributed by atoms with Crippen molar-refractivity contribution in [2.24, 2.45) is 0 Å². The van der Waals surface area contributed by atoms with Crippen LogP contribution in [0.3, 0.4) is 0 Å². The lowest BCUT2D eigenvalue weighted by Crippen LogP contribution is -2.66. The van der Waals surface area contributed by atoms with E-state index in [1.807, 2.05) is 0 Å². The Morgan fingerprint density at radius 2 is 2.25 bits per heavy atom. The summed E-state index contributed by atoms with van der Waals surface area (Å²) in [6.07, 6.45) is 2.35. The number of ether oxygens (including phenoxy) is 1. The number of rotatable bonds is 3. The van der Waals surface area contributed by atoms with Crippen molar-refractivity contribution in [3.8, 4) is 5.75 Å². The molecule has 0 amide bonds. The second-order valence-electron chi connectivity index (χ2n) is 6.48. The summed E-state index contributed by atoms with van der Waals surface area (Å²) in [7, 11) is 4.02. The molecule has 0 spiro atoms. The van der Waals surface area contributed by atoms with Crippen molar-refractivity contribution in [1.29, 1.82) is 0 Å². The molecule has 1 aromatic carbocycles. The minimum Gasteiger partial charge on any atom is -0.497 e. The molecule has 1 aliphatic heterocycles. The Hall–Kier alpha value is -1.06. The van der Waals surface area contributed by atoms with E-state index in [1.165, 1.54) is 24.1 Å². The maximum absolute atomic E-state index is 5.45. The molecule has 2 bridgehead atoms. The van der Waals surface area contributed by atoms with Gasteiger partial charge in [-0.2, -0.15) is 0 Å². The molecule has 0 radical (unpaired) electrons. The minimum atomic E-state index is 0.218. The van der Waals surface area contributed by atoms with Crippen molar-refractivity contribution >= 4 is 0 Å². The van der Waals surface area contributed by atoms with Crippen LogP contribution in [0.1, 0.15) is 31.4 Å². The molecule has 1 heterocycles. The Labute approximate surface area is 122 Å². The van der Waals surface area contributed by atoms with E-state index >= 15 is 0 Å². The SMILES string of the molecule is CCNC1[C@H]2Cc3ccc(OC)cc3C1(C)CCN2C. The molecule has 20 heavy (non-hydrogen) atoms. The van der Waals surface area contributed by atoms with E-state index in [0.29, 0.717) is 12.1 Å². The van der Waals surface area contributed by atoms with Gasteiger partial charge in [0.25, 0.3) is 0 Å². The van der Waals surface area contributed by atoms with Gasteiger partial charge in [0.2, 0.25) is 0 Å². The average Bonchev–Trinajstić information content (AvgIpc) is 2.46. The highest BCUT2D eigenvalue weighted by molar-refractivity contribution is 5.45. The lowest BCUT2D eigenvalue weighted by molar-refractivity contribution is 0.0669. The molecule has 3 atom stereocenters. The van der Waals surface area contributed by atoms with Crippen LogP contribution in [-0.4, -0.2) is 44.2 Å². The van der Waals surface area contributed by atoms with Gasteiger partial charge in [-0.25, -0.2) is 0 Å². The number of nitrogens with zero attached hydrogens (tertiary/aromatic N) is 1. The monoisotopic (exact) mass is 274 g/mol. The van der Waals surface area contributed by atoms with E-state index in [-0.39, 0.29) is 5.41 Å². The molecule has 1 aliphatic carbocycles. The van der Waals surface area contributed by atoms with Gasteiger partial charge >= 0.3 is 0 Å². The first-order chi connectivity index (χ1) is 9.60. The molecule has 2 unspecified atom stereocenters. The number of likely N-dealkylation sites (tertiary alicyclic amines) is 1. The number of piperidine rings is 1. The fourth-order valence-corrected chi connectivity index (χ4v) is 4.18. The zero-order valence-electron chi connectivity index (χ0n) is 13.1. The van der Waals surface area contributed by atoms with Gasteiger partial charge in [-0.1, -0.05) is 19.9 Å². The largest absolute Gasteiger partial charge is 0.497 e. The Morgan fingerprint density at radius 1 is 1.45 bits per heavy atom. The summed E-state index contributed by atoms with van der Waals surface area (Å²) >= 11 is 0. The van der Waals surface area contributed by atoms with Gasteiger partial charge in [0.05, 0.1) is 7.11 Å². The third-order valence-corrected chi connectivity index (χ3v) is 5.41. The molecule has 2 aliphatic rings.